The number of nitrogens with one attached hydrogen (secondary N) is 2. The van der Waals surface area contributed by atoms with Gasteiger partial charge < -0.3 is 15.0 Å². The van der Waals surface area contributed by atoms with Crippen molar-refractivity contribution in [3.63, 3.8) is 0 Å². The summed E-state index contributed by atoms with van der Waals surface area (Å²) in [5.41, 5.74) is 1.38. The summed E-state index contributed by atoms with van der Waals surface area (Å²) in [6.07, 6.45) is 6.02. The van der Waals surface area contributed by atoms with Gasteiger partial charge in [0.2, 0.25) is 0 Å². The van der Waals surface area contributed by atoms with E-state index in [9.17, 15) is 0 Å². The quantitative estimate of drug-likeness (QED) is 0.879. The SMILES string of the molecule is COc1cccc(C2CC(NC(C)c3ncc[nH]3)C2)c1. The van der Waals surface area contributed by atoms with Crippen molar-refractivity contribution in [2.75, 3.05) is 7.11 Å². The van der Waals surface area contributed by atoms with Crippen LogP contribution < -0.4 is 10.1 Å². The van der Waals surface area contributed by atoms with Gasteiger partial charge in [0.25, 0.3) is 0 Å². The molecule has 0 spiro atoms. The van der Waals surface area contributed by atoms with Crippen LogP contribution in [-0.4, -0.2) is 23.1 Å². The molecule has 0 saturated heterocycles. The minimum atomic E-state index is 0.279. The van der Waals surface area contributed by atoms with E-state index in [2.05, 4.69) is 40.4 Å². The van der Waals surface area contributed by atoms with Crippen molar-refractivity contribution >= 4 is 0 Å². The highest BCUT2D eigenvalue weighted by Gasteiger charge is 2.31. The van der Waals surface area contributed by atoms with Crippen LogP contribution in [-0.2, 0) is 0 Å². The number of nitrogens with zero attached hydrogens (tertiary/aromatic N) is 1. The van der Waals surface area contributed by atoms with E-state index in [1.165, 1.54) is 18.4 Å². The molecule has 3 rings (SSSR count). The summed E-state index contributed by atoms with van der Waals surface area (Å²) in [5, 5.41) is 3.62. The molecule has 20 heavy (non-hydrogen) atoms. The summed E-state index contributed by atoms with van der Waals surface area (Å²) < 4.78 is 5.29. The Balaban J connectivity index is 1.53. The lowest BCUT2D eigenvalue weighted by Crippen LogP contribution is -2.41. The zero-order valence-corrected chi connectivity index (χ0v) is 12.0. The minimum Gasteiger partial charge on any atom is -0.497 e. The zero-order valence-electron chi connectivity index (χ0n) is 12.0. The van der Waals surface area contributed by atoms with Gasteiger partial charge in [0.15, 0.2) is 0 Å². The molecule has 0 aliphatic heterocycles. The van der Waals surface area contributed by atoms with Crippen LogP contribution in [0.3, 0.4) is 0 Å². The Bertz CT molecular complexity index is 547. The molecule has 1 fully saturated rings. The molecular weight excluding hydrogens is 250 g/mol. The summed E-state index contributed by atoms with van der Waals surface area (Å²) >= 11 is 0. The fourth-order valence-corrected chi connectivity index (χ4v) is 2.87. The predicted octanol–water partition coefficient (Wildman–Crippen LogP) is 3.02. The molecule has 1 heterocycles. The second kappa shape index (κ2) is 5.67. The predicted molar refractivity (Wildman–Crippen MR) is 78.9 cm³/mol. The van der Waals surface area contributed by atoms with E-state index in [0.717, 1.165) is 11.6 Å². The first-order valence-electron chi connectivity index (χ1n) is 7.15. The largest absolute Gasteiger partial charge is 0.497 e. The van der Waals surface area contributed by atoms with E-state index in [1.807, 2.05) is 12.3 Å². The van der Waals surface area contributed by atoms with E-state index in [4.69, 9.17) is 4.74 Å². The molecule has 4 heteroatoms. The van der Waals surface area contributed by atoms with Crippen LogP contribution in [0.2, 0.25) is 0 Å². The van der Waals surface area contributed by atoms with Gasteiger partial charge in [-0.1, -0.05) is 12.1 Å². The molecule has 1 atom stereocenters. The Morgan fingerprint density at radius 3 is 2.95 bits per heavy atom. The maximum absolute atomic E-state index is 5.29. The summed E-state index contributed by atoms with van der Waals surface area (Å²) in [6, 6.07) is 9.26. The third-order valence-electron chi connectivity index (χ3n) is 4.12. The van der Waals surface area contributed by atoms with Crippen molar-refractivity contribution in [2.24, 2.45) is 0 Å². The van der Waals surface area contributed by atoms with Gasteiger partial charge in [0.1, 0.15) is 11.6 Å². The second-order valence-electron chi connectivity index (χ2n) is 5.50. The van der Waals surface area contributed by atoms with Crippen LogP contribution in [0.4, 0.5) is 0 Å². The Kier molecular flexibility index (Phi) is 3.74. The van der Waals surface area contributed by atoms with Gasteiger partial charge in [-0.2, -0.15) is 0 Å². The van der Waals surface area contributed by atoms with Crippen LogP contribution in [0.15, 0.2) is 36.7 Å². The van der Waals surface area contributed by atoms with Gasteiger partial charge in [-0.25, -0.2) is 4.98 Å². The number of ether oxygens (including phenoxy) is 1. The van der Waals surface area contributed by atoms with Crippen molar-refractivity contribution in [1.29, 1.82) is 0 Å². The lowest BCUT2D eigenvalue weighted by molar-refractivity contribution is 0.267. The molecule has 0 bridgehead atoms. The minimum absolute atomic E-state index is 0.279. The number of hydrogen-bond donors (Lipinski definition) is 2. The summed E-state index contributed by atoms with van der Waals surface area (Å²) in [4.78, 5) is 7.45. The van der Waals surface area contributed by atoms with E-state index in [0.29, 0.717) is 12.0 Å². The number of aromatic nitrogens is 2. The summed E-state index contributed by atoms with van der Waals surface area (Å²) in [6.45, 7) is 2.15. The van der Waals surface area contributed by atoms with E-state index >= 15 is 0 Å². The zero-order chi connectivity index (χ0) is 13.9. The highest BCUT2D eigenvalue weighted by Crippen LogP contribution is 2.38. The summed E-state index contributed by atoms with van der Waals surface area (Å²) in [5.74, 6) is 2.60. The standard InChI is InChI=1S/C16H21N3O/c1-11(16-17-6-7-18-16)19-14-8-13(9-14)12-4-3-5-15(10-12)20-2/h3-7,10-11,13-14,19H,8-9H2,1-2H3,(H,17,18). The van der Waals surface area contributed by atoms with E-state index < -0.39 is 0 Å². The molecule has 1 aromatic carbocycles. The van der Waals surface area contributed by atoms with Crippen LogP contribution >= 0.6 is 0 Å². The average molecular weight is 271 g/mol. The third kappa shape index (κ3) is 2.70. The molecule has 1 aromatic heterocycles. The molecule has 4 nitrogen and oxygen atoms in total. The second-order valence-corrected chi connectivity index (χ2v) is 5.50. The van der Waals surface area contributed by atoms with Crippen molar-refractivity contribution in [1.82, 2.24) is 15.3 Å². The van der Waals surface area contributed by atoms with Gasteiger partial charge >= 0.3 is 0 Å². The van der Waals surface area contributed by atoms with Crippen molar-refractivity contribution in [3.05, 3.63) is 48.0 Å². The fraction of sp³-hybridized carbons (Fsp3) is 0.438. The first-order chi connectivity index (χ1) is 9.76. The monoisotopic (exact) mass is 271 g/mol. The molecule has 0 amide bonds. The van der Waals surface area contributed by atoms with Gasteiger partial charge in [-0.15, -0.1) is 0 Å². The molecule has 1 aliphatic rings. The van der Waals surface area contributed by atoms with Gasteiger partial charge in [0, 0.05) is 18.4 Å². The van der Waals surface area contributed by atoms with Gasteiger partial charge in [-0.05, 0) is 43.4 Å². The van der Waals surface area contributed by atoms with E-state index in [-0.39, 0.29) is 6.04 Å². The highest BCUT2D eigenvalue weighted by molar-refractivity contribution is 5.32. The van der Waals surface area contributed by atoms with Crippen LogP contribution in [0, 0.1) is 0 Å². The third-order valence-corrected chi connectivity index (χ3v) is 4.12. The molecule has 1 aliphatic carbocycles. The highest BCUT2D eigenvalue weighted by atomic mass is 16.5. The molecule has 2 aromatic rings. The van der Waals surface area contributed by atoms with Crippen LogP contribution in [0.5, 0.6) is 5.75 Å². The average Bonchev–Trinajstić information content (AvgIpc) is 2.96. The molecule has 2 N–H and O–H groups in total. The maximum Gasteiger partial charge on any atom is 0.122 e. The van der Waals surface area contributed by atoms with Crippen LogP contribution in [0.1, 0.15) is 43.1 Å². The van der Waals surface area contributed by atoms with Gasteiger partial charge in [0.05, 0.1) is 13.2 Å². The molecule has 1 saturated carbocycles. The number of methoxy groups -OCH3 is 1. The van der Waals surface area contributed by atoms with E-state index in [1.54, 1.807) is 13.3 Å². The number of aromatic amines is 1. The lowest BCUT2D eigenvalue weighted by Gasteiger charge is -2.38. The fourth-order valence-electron chi connectivity index (χ4n) is 2.87. The number of imidazole rings is 1. The Morgan fingerprint density at radius 1 is 1.40 bits per heavy atom. The number of hydrogen-bond acceptors (Lipinski definition) is 3. The molecule has 0 radical (unpaired) electrons. The first-order valence-corrected chi connectivity index (χ1v) is 7.15. The Labute approximate surface area is 119 Å². The van der Waals surface area contributed by atoms with Crippen LogP contribution in [0.25, 0.3) is 0 Å². The number of H-pyrrole nitrogens is 1. The normalized spacial score (nSPS) is 23.1. The topological polar surface area (TPSA) is 49.9 Å². The van der Waals surface area contributed by atoms with Gasteiger partial charge in [-0.3, -0.25) is 0 Å². The summed E-state index contributed by atoms with van der Waals surface area (Å²) in [7, 11) is 1.72. The number of benzene rings is 1. The lowest BCUT2D eigenvalue weighted by atomic mass is 9.75. The molecule has 106 valence electrons. The molecule has 1 unspecified atom stereocenters. The van der Waals surface area contributed by atoms with Crippen molar-refractivity contribution in [2.45, 2.75) is 37.8 Å². The van der Waals surface area contributed by atoms with Crippen molar-refractivity contribution < 1.29 is 4.74 Å². The first kappa shape index (κ1) is 13.2. The maximum atomic E-state index is 5.29. The molecular formula is C16H21N3O. The Hall–Kier alpha value is -1.81. The Morgan fingerprint density at radius 2 is 2.25 bits per heavy atom. The number of rotatable bonds is 5. The van der Waals surface area contributed by atoms with Crippen molar-refractivity contribution in [3.8, 4) is 5.75 Å². The smallest absolute Gasteiger partial charge is 0.122 e.